The van der Waals surface area contributed by atoms with Crippen LogP contribution in [0.15, 0.2) is 23.1 Å². The van der Waals surface area contributed by atoms with Crippen LogP contribution >= 0.6 is 0 Å². The minimum atomic E-state index is -3.60. The maximum Gasteiger partial charge on any atom is 0.243 e. The van der Waals surface area contributed by atoms with Crippen LogP contribution in [0.25, 0.3) is 0 Å². The Bertz CT molecular complexity index is 744. The molecule has 3 rings (SSSR count). The highest BCUT2D eigenvalue weighted by atomic mass is 32.2. The number of sulfonamides is 1. The van der Waals surface area contributed by atoms with E-state index in [1.54, 1.807) is 19.2 Å². The van der Waals surface area contributed by atoms with E-state index in [9.17, 15) is 13.2 Å². The van der Waals surface area contributed by atoms with Crippen molar-refractivity contribution in [3.63, 3.8) is 0 Å². The number of rotatable bonds is 4. The topological polar surface area (TPSA) is 88.2 Å². The van der Waals surface area contributed by atoms with Crippen LogP contribution in [0.1, 0.15) is 6.92 Å². The molecular formula is C16H23N3O5S. The first-order valence-corrected chi connectivity index (χ1v) is 9.73. The molecule has 8 nitrogen and oxygen atoms in total. The fourth-order valence-electron chi connectivity index (χ4n) is 3.04. The third-order valence-electron chi connectivity index (χ3n) is 4.60. The van der Waals surface area contributed by atoms with Crippen LogP contribution in [0.5, 0.6) is 11.5 Å². The summed E-state index contributed by atoms with van der Waals surface area (Å²) in [5.74, 6) is 0.955. The normalized spacial score (nSPS) is 20.1. The van der Waals surface area contributed by atoms with Crippen LogP contribution in [-0.4, -0.2) is 76.0 Å². The molecule has 1 fully saturated rings. The summed E-state index contributed by atoms with van der Waals surface area (Å²) in [5.41, 5.74) is 0. The van der Waals surface area contributed by atoms with E-state index < -0.39 is 10.0 Å². The third-order valence-corrected chi connectivity index (χ3v) is 6.49. The predicted molar refractivity (Wildman–Crippen MR) is 91.3 cm³/mol. The molecule has 0 bridgehead atoms. The number of carbonyl (C=O) groups excluding carboxylic acids is 1. The van der Waals surface area contributed by atoms with Gasteiger partial charge < -0.3 is 14.8 Å². The van der Waals surface area contributed by atoms with E-state index in [0.717, 1.165) is 0 Å². The molecule has 1 atom stereocenters. The number of fused-ring (bicyclic) bond motifs is 1. The first-order valence-electron chi connectivity index (χ1n) is 8.29. The van der Waals surface area contributed by atoms with Crippen LogP contribution in [0.3, 0.4) is 0 Å². The van der Waals surface area contributed by atoms with Crippen molar-refractivity contribution in [1.29, 1.82) is 0 Å². The Morgan fingerprint density at radius 2 is 1.76 bits per heavy atom. The lowest BCUT2D eigenvalue weighted by atomic mass is 10.2. The van der Waals surface area contributed by atoms with Gasteiger partial charge in [0.1, 0.15) is 13.2 Å². The third kappa shape index (κ3) is 3.58. The molecule has 0 aromatic heterocycles. The van der Waals surface area contributed by atoms with E-state index >= 15 is 0 Å². The summed E-state index contributed by atoms with van der Waals surface area (Å²) in [5, 5.41) is 2.62. The van der Waals surface area contributed by atoms with E-state index in [-0.39, 0.29) is 16.8 Å². The summed E-state index contributed by atoms with van der Waals surface area (Å²) < 4.78 is 38.1. The molecule has 0 saturated carbocycles. The molecule has 2 aliphatic heterocycles. The van der Waals surface area contributed by atoms with Crippen molar-refractivity contribution in [3.05, 3.63) is 18.2 Å². The van der Waals surface area contributed by atoms with E-state index in [4.69, 9.17) is 9.47 Å². The van der Waals surface area contributed by atoms with Crippen molar-refractivity contribution >= 4 is 15.9 Å². The second-order valence-corrected chi connectivity index (χ2v) is 7.97. The lowest BCUT2D eigenvalue weighted by molar-refractivity contribution is -0.125. The van der Waals surface area contributed by atoms with Gasteiger partial charge in [0.05, 0.1) is 10.9 Å². The largest absolute Gasteiger partial charge is 0.486 e. The number of hydrogen-bond donors (Lipinski definition) is 1. The molecular weight excluding hydrogens is 346 g/mol. The highest BCUT2D eigenvalue weighted by molar-refractivity contribution is 7.89. The molecule has 0 radical (unpaired) electrons. The van der Waals surface area contributed by atoms with Crippen molar-refractivity contribution < 1.29 is 22.7 Å². The zero-order chi connectivity index (χ0) is 18.0. The monoisotopic (exact) mass is 369 g/mol. The molecule has 1 aromatic carbocycles. The maximum atomic E-state index is 12.9. The molecule has 25 heavy (non-hydrogen) atoms. The number of amides is 1. The summed E-state index contributed by atoms with van der Waals surface area (Å²) >= 11 is 0. The fraction of sp³-hybridized carbons (Fsp3) is 0.562. The lowest BCUT2D eigenvalue weighted by Crippen LogP contribution is -2.54. The summed E-state index contributed by atoms with van der Waals surface area (Å²) in [4.78, 5) is 13.9. The highest BCUT2D eigenvalue weighted by Gasteiger charge is 2.32. The predicted octanol–water partition coefficient (Wildman–Crippen LogP) is -0.101. The SMILES string of the molecule is CNC(=O)[C@@H](C)N1CCN(S(=O)(=O)c2ccc3c(c2)OCCO3)CC1. The van der Waals surface area contributed by atoms with E-state index in [1.807, 2.05) is 11.8 Å². The van der Waals surface area contributed by atoms with Gasteiger partial charge in [-0.1, -0.05) is 0 Å². The zero-order valence-electron chi connectivity index (χ0n) is 14.4. The van der Waals surface area contributed by atoms with Gasteiger partial charge in [-0.2, -0.15) is 4.31 Å². The van der Waals surface area contributed by atoms with Crippen LogP contribution in [0.4, 0.5) is 0 Å². The van der Waals surface area contributed by atoms with Gasteiger partial charge in [-0.15, -0.1) is 0 Å². The van der Waals surface area contributed by atoms with Crippen LogP contribution in [-0.2, 0) is 14.8 Å². The molecule has 9 heteroatoms. The van der Waals surface area contributed by atoms with Crippen LogP contribution in [0.2, 0.25) is 0 Å². The number of piperazine rings is 1. The number of carbonyl (C=O) groups is 1. The molecule has 0 unspecified atom stereocenters. The molecule has 1 amide bonds. The van der Waals surface area contributed by atoms with Gasteiger partial charge >= 0.3 is 0 Å². The van der Waals surface area contributed by atoms with Crippen molar-refractivity contribution in [2.24, 2.45) is 0 Å². The van der Waals surface area contributed by atoms with E-state index in [1.165, 1.54) is 10.4 Å². The molecule has 1 N–H and O–H groups in total. The van der Waals surface area contributed by atoms with Crippen molar-refractivity contribution in [2.45, 2.75) is 17.9 Å². The second kappa shape index (κ2) is 7.19. The van der Waals surface area contributed by atoms with Gasteiger partial charge in [-0.3, -0.25) is 9.69 Å². The van der Waals surface area contributed by atoms with Crippen LogP contribution < -0.4 is 14.8 Å². The average Bonchev–Trinajstić information content (AvgIpc) is 2.66. The molecule has 0 aliphatic carbocycles. The van der Waals surface area contributed by atoms with Gasteiger partial charge in [0, 0.05) is 39.3 Å². The second-order valence-electron chi connectivity index (χ2n) is 6.04. The summed E-state index contributed by atoms with van der Waals surface area (Å²) in [6.07, 6.45) is 0. The lowest BCUT2D eigenvalue weighted by Gasteiger charge is -2.36. The smallest absolute Gasteiger partial charge is 0.243 e. The molecule has 0 spiro atoms. The minimum Gasteiger partial charge on any atom is -0.486 e. The maximum absolute atomic E-state index is 12.9. The summed E-state index contributed by atoms with van der Waals surface area (Å²) in [7, 11) is -2.00. The number of ether oxygens (including phenoxy) is 2. The van der Waals surface area contributed by atoms with Crippen molar-refractivity contribution in [3.8, 4) is 11.5 Å². The van der Waals surface area contributed by atoms with Gasteiger partial charge in [0.2, 0.25) is 15.9 Å². The minimum absolute atomic E-state index is 0.0665. The Morgan fingerprint density at radius 1 is 1.12 bits per heavy atom. The number of nitrogens with one attached hydrogen (secondary N) is 1. The van der Waals surface area contributed by atoms with Gasteiger partial charge in [0.15, 0.2) is 11.5 Å². The molecule has 2 heterocycles. The number of nitrogens with zero attached hydrogens (tertiary/aromatic N) is 2. The Kier molecular flexibility index (Phi) is 5.16. The Hall–Kier alpha value is -1.84. The Morgan fingerprint density at radius 3 is 2.40 bits per heavy atom. The molecule has 138 valence electrons. The Balaban J connectivity index is 1.71. The molecule has 2 aliphatic rings. The Labute approximate surface area is 147 Å². The van der Waals surface area contributed by atoms with Gasteiger partial charge in [0.25, 0.3) is 0 Å². The first kappa shape index (κ1) is 18.0. The molecule has 1 saturated heterocycles. The molecule has 1 aromatic rings. The number of benzene rings is 1. The highest BCUT2D eigenvalue weighted by Crippen LogP contribution is 2.33. The average molecular weight is 369 g/mol. The quantitative estimate of drug-likeness (QED) is 0.797. The summed E-state index contributed by atoms with van der Waals surface area (Å²) in [6.45, 7) is 4.41. The van der Waals surface area contributed by atoms with Gasteiger partial charge in [-0.05, 0) is 19.1 Å². The number of likely N-dealkylation sites (N-methyl/N-ethyl adjacent to an activating group) is 1. The standard InChI is InChI=1S/C16H23N3O5S/c1-12(16(20)17-2)18-5-7-19(8-6-18)25(21,22)13-3-4-14-15(11-13)24-10-9-23-14/h3-4,11-12H,5-10H2,1-2H3,(H,17,20)/t12-/m1/s1. The van der Waals surface area contributed by atoms with Gasteiger partial charge in [-0.25, -0.2) is 8.42 Å². The van der Waals surface area contributed by atoms with E-state index in [0.29, 0.717) is 50.9 Å². The van der Waals surface area contributed by atoms with E-state index in [2.05, 4.69) is 5.32 Å². The van der Waals surface area contributed by atoms with Crippen molar-refractivity contribution in [1.82, 2.24) is 14.5 Å². The van der Waals surface area contributed by atoms with Crippen molar-refractivity contribution in [2.75, 3.05) is 46.4 Å². The first-order chi connectivity index (χ1) is 11.9. The van der Waals surface area contributed by atoms with Crippen LogP contribution in [0, 0.1) is 0 Å². The number of hydrogen-bond acceptors (Lipinski definition) is 6. The fourth-order valence-corrected chi connectivity index (χ4v) is 4.48. The summed E-state index contributed by atoms with van der Waals surface area (Å²) in [6, 6.07) is 4.42. The zero-order valence-corrected chi connectivity index (χ0v) is 15.2.